The van der Waals surface area contributed by atoms with Crippen LogP contribution in [0.25, 0.3) is 0 Å². The Balaban J connectivity index is 2.15. The van der Waals surface area contributed by atoms with Crippen molar-refractivity contribution in [3.05, 3.63) is 57.3 Å². The fourth-order valence-corrected chi connectivity index (χ4v) is 1.96. The molecule has 0 fully saturated rings. The minimum absolute atomic E-state index is 0.117. The minimum atomic E-state index is -4.48. The van der Waals surface area contributed by atoms with Gasteiger partial charge in [-0.1, -0.05) is 11.6 Å². The monoisotopic (exact) mass is 378 g/mol. The molecule has 0 bridgehead atoms. The standard InChI is InChI=1S/C13H7BrClF3N2O/c14-9-5-8(2-3-10(9)15)20-12(21)11-4-1-7(6-19-11)13(16,17)18/h1-6H,(H,20,21). The van der Waals surface area contributed by atoms with E-state index in [9.17, 15) is 18.0 Å². The number of anilines is 1. The Morgan fingerprint density at radius 2 is 1.95 bits per heavy atom. The highest BCUT2D eigenvalue weighted by Crippen LogP contribution is 2.28. The molecule has 1 heterocycles. The van der Waals surface area contributed by atoms with Crippen LogP contribution in [0.1, 0.15) is 16.1 Å². The number of hydrogen-bond acceptors (Lipinski definition) is 2. The van der Waals surface area contributed by atoms with Gasteiger partial charge in [0.2, 0.25) is 0 Å². The van der Waals surface area contributed by atoms with Crippen molar-refractivity contribution in [2.75, 3.05) is 5.32 Å². The van der Waals surface area contributed by atoms with Gasteiger partial charge in [0.05, 0.1) is 10.6 Å². The molecule has 0 saturated carbocycles. The van der Waals surface area contributed by atoms with Crippen molar-refractivity contribution >= 4 is 39.1 Å². The number of halogens is 5. The first kappa shape index (κ1) is 15.8. The summed E-state index contributed by atoms with van der Waals surface area (Å²) in [6, 6.07) is 6.53. The lowest BCUT2D eigenvalue weighted by Crippen LogP contribution is -2.14. The molecule has 1 aromatic carbocycles. The normalized spacial score (nSPS) is 11.3. The molecule has 110 valence electrons. The Bertz CT molecular complexity index is 674. The topological polar surface area (TPSA) is 42.0 Å². The van der Waals surface area contributed by atoms with Crippen molar-refractivity contribution < 1.29 is 18.0 Å². The van der Waals surface area contributed by atoms with E-state index in [0.717, 1.165) is 12.1 Å². The van der Waals surface area contributed by atoms with Gasteiger partial charge in [0, 0.05) is 16.4 Å². The van der Waals surface area contributed by atoms with Gasteiger partial charge in [-0.3, -0.25) is 9.78 Å². The Kier molecular flexibility index (Phi) is 4.53. The Morgan fingerprint density at radius 1 is 1.24 bits per heavy atom. The van der Waals surface area contributed by atoms with Gasteiger partial charge in [0.15, 0.2) is 0 Å². The molecular formula is C13H7BrClF3N2O. The summed E-state index contributed by atoms with van der Waals surface area (Å²) >= 11 is 9.02. The lowest BCUT2D eigenvalue weighted by molar-refractivity contribution is -0.137. The van der Waals surface area contributed by atoms with E-state index in [1.807, 2.05) is 0 Å². The first-order valence-corrected chi connectivity index (χ1v) is 6.74. The van der Waals surface area contributed by atoms with Crippen molar-refractivity contribution in [2.45, 2.75) is 6.18 Å². The molecule has 1 amide bonds. The Hall–Kier alpha value is -1.60. The summed E-state index contributed by atoms with van der Waals surface area (Å²) in [7, 11) is 0. The van der Waals surface area contributed by atoms with Gasteiger partial charge in [-0.2, -0.15) is 13.2 Å². The number of nitrogens with zero attached hydrogens (tertiary/aromatic N) is 1. The van der Waals surface area contributed by atoms with E-state index in [1.54, 1.807) is 18.2 Å². The molecule has 0 radical (unpaired) electrons. The zero-order chi connectivity index (χ0) is 15.6. The van der Waals surface area contributed by atoms with Crippen LogP contribution in [0.2, 0.25) is 5.02 Å². The number of nitrogens with one attached hydrogen (secondary N) is 1. The summed E-state index contributed by atoms with van der Waals surface area (Å²) in [5.74, 6) is -0.613. The third-order valence-corrected chi connectivity index (χ3v) is 3.71. The fraction of sp³-hybridized carbons (Fsp3) is 0.0769. The Labute approximate surface area is 131 Å². The van der Waals surface area contributed by atoms with Crippen LogP contribution in [0, 0.1) is 0 Å². The maximum atomic E-state index is 12.4. The fourth-order valence-electron chi connectivity index (χ4n) is 1.46. The quantitative estimate of drug-likeness (QED) is 0.817. The smallest absolute Gasteiger partial charge is 0.321 e. The van der Waals surface area contributed by atoms with Crippen LogP contribution in [0.5, 0.6) is 0 Å². The number of alkyl halides is 3. The zero-order valence-electron chi connectivity index (χ0n) is 10.2. The molecule has 0 aliphatic rings. The molecule has 3 nitrogen and oxygen atoms in total. The highest BCUT2D eigenvalue weighted by Gasteiger charge is 2.30. The van der Waals surface area contributed by atoms with Crippen LogP contribution in [-0.4, -0.2) is 10.9 Å². The van der Waals surface area contributed by atoms with Gasteiger partial charge in [-0.15, -0.1) is 0 Å². The summed E-state index contributed by atoms with van der Waals surface area (Å²) in [6.45, 7) is 0. The summed E-state index contributed by atoms with van der Waals surface area (Å²) in [5, 5.41) is 2.99. The number of pyridine rings is 1. The number of hydrogen-bond donors (Lipinski definition) is 1. The average molecular weight is 380 g/mol. The molecule has 0 aliphatic carbocycles. The summed E-state index contributed by atoms with van der Waals surface area (Å²) < 4.78 is 37.8. The SMILES string of the molecule is O=C(Nc1ccc(Cl)c(Br)c1)c1ccc(C(F)(F)F)cn1. The van der Waals surface area contributed by atoms with Crippen LogP contribution in [0.3, 0.4) is 0 Å². The number of carbonyl (C=O) groups is 1. The molecule has 1 aromatic heterocycles. The van der Waals surface area contributed by atoms with Gasteiger partial charge in [-0.25, -0.2) is 0 Å². The van der Waals surface area contributed by atoms with Crippen molar-refractivity contribution in [2.24, 2.45) is 0 Å². The first-order valence-electron chi connectivity index (χ1n) is 5.57. The van der Waals surface area contributed by atoms with E-state index >= 15 is 0 Å². The zero-order valence-corrected chi connectivity index (χ0v) is 12.6. The summed E-state index contributed by atoms with van der Waals surface area (Å²) in [4.78, 5) is 15.4. The number of benzene rings is 1. The van der Waals surface area contributed by atoms with Crippen LogP contribution < -0.4 is 5.32 Å². The number of amides is 1. The van der Waals surface area contributed by atoms with Gasteiger partial charge in [0.1, 0.15) is 5.69 Å². The van der Waals surface area contributed by atoms with Gasteiger partial charge in [0.25, 0.3) is 5.91 Å². The van der Waals surface area contributed by atoms with E-state index in [-0.39, 0.29) is 5.69 Å². The van der Waals surface area contributed by atoms with E-state index in [1.165, 1.54) is 0 Å². The largest absolute Gasteiger partial charge is 0.417 e. The molecule has 0 aliphatic heterocycles. The van der Waals surface area contributed by atoms with Crippen LogP contribution >= 0.6 is 27.5 Å². The molecule has 2 aromatic rings. The van der Waals surface area contributed by atoms with Crippen molar-refractivity contribution in [3.8, 4) is 0 Å². The predicted molar refractivity (Wildman–Crippen MR) is 76.3 cm³/mol. The molecule has 21 heavy (non-hydrogen) atoms. The second-order valence-corrected chi connectivity index (χ2v) is 5.27. The number of aromatic nitrogens is 1. The average Bonchev–Trinajstić information content (AvgIpc) is 2.42. The lowest BCUT2D eigenvalue weighted by Gasteiger charge is -2.08. The second kappa shape index (κ2) is 6.03. The maximum Gasteiger partial charge on any atom is 0.417 e. The Morgan fingerprint density at radius 3 is 2.48 bits per heavy atom. The predicted octanol–water partition coefficient (Wildman–Crippen LogP) is 4.77. The van der Waals surface area contributed by atoms with Crippen LogP contribution in [0.15, 0.2) is 41.0 Å². The second-order valence-electron chi connectivity index (χ2n) is 4.01. The third-order valence-electron chi connectivity index (χ3n) is 2.50. The summed E-state index contributed by atoms with van der Waals surface area (Å²) in [5.41, 5.74) is -0.583. The van der Waals surface area contributed by atoms with E-state index in [2.05, 4.69) is 26.2 Å². The lowest BCUT2D eigenvalue weighted by atomic mass is 10.2. The van der Waals surface area contributed by atoms with Crippen molar-refractivity contribution in [3.63, 3.8) is 0 Å². The molecule has 8 heteroatoms. The van der Waals surface area contributed by atoms with Crippen molar-refractivity contribution in [1.29, 1.82) is 0 Å². The highest BCUT2D eigenvalue weighted by molar-refractivity contribution is 9.10. The highest BCUT2D eigenvalue weighted by atomic mass is 79.9. The molecular weight excluding hydrogens is 373 g/mol. The molecule has 2 rings (SSSR count). The van der Waals surface area contributed by atoms with Gasteiger partial charge >= 0.3 is 6.18 Å². The number of rotatable bonds is 2. The molecule has 0 unspecified atom stereocenters. The summed E-state index contributed by atoms with van der Waals surface area (Å²) in [6.07, 6.45) is -3.87. The van der Waals surface area contributed by atoms with Crippen molar-refractivity contribution in [1.82, 2.24) is 4.98 Å². The van der Waals surface area contributed by atoms with Gasteiger partial charge < -0.3 is 5.32 Å². The molecule has 0 spiro atoms. The minimum Gasteiger partial charge on any atom is -0.321 e. The van der Waals surface area contributed by atoms with E-state index in [0.29, 0.717) is 21.4 Å². The van der Waals surface area contributed by atoms with Crippen LogP contribution in [-0.2, 0) is 6.18 Å². The molecule has 0 saturated heterocycles. The molecule has 1 N–H and O–H groups in total. The van der Waals surface area contributed by atoms with Gasteiger partial charge in [-0.05, 0) is 46.3 Å². The van der Waals surface area contributed by atoms with E-state index in [4.69, 9.17) is 11.6 Å². The third kappa shape index (κ3) is 3.95. The number of carbonyl (C=O) groups excluding carboxylic acids is 1. The van der Waals surface area contributed by atoms with E-state index < -0.39 is 17.6 Å². The van der Waals surface area contributed by atoms with Crippen LogP contribution in [0.4, 0.5) is 18.9 Å². The molecule has 0 atom stereocenters. The maximum absolute atomic E-state index is 12.4. The first-order chi connectivity index (χ1) is 9.77.